The molecule has 124 valence electrons. The summed E-state index contributed by atoms with van der Waals surface area (Å²) in [6, 6.07) is 4.36. The van der Waals surface area contributed by atoms with E-state index in [1.54, 1.807) is 0 Å². The third-order valence-corrected chi connectivity index (χ3v) is 4.31. The summed E-state index contributed by atoms with van der Waals surface area (Å²) in [5.41, 5.74) is 3.57. The van der Waals surface area contributed by atoms with Crippen LogP contribution in [0.15, 0.2) is 24.8 Å². The third-order valence-electron chi connectivity index (χ3n) is 4.31. The lowest BCUT2D eigenvalue weighted by Crippen LogP contribution is -1.96. The van der Waals surface area contributed by atoms with Gasteiger partial charge >= 0.3 is 0 Å². The third kappa shape index (κ3) is 6.68. The molecule has 1 N–H and O–H groups in total. The highest BCUT2D eigenvalue weighted by molar-refractivity contribution is 5.44. The molecule has 1 aromatic carbocycles. The first-order chi connectivity index (χ1) is 10.7. The first kappa shape index (κ1) is 18.8. The van der Waals surface area contributed by atoms with Crippen LogP contribution in [0, 0.1) is 0 Å². The number of phenols is 1. The highest BCUT2D eigenvalue weighted by Gasteiger charge is 2.09. The van der Waals surface area contributed by atoms with Gasteiger partial charge in [-0.2, -0.15) is 0 Å². The Bertz CT molecular complexity index is 401. The molecule has 0 aliphatic carbocycles. The van der Waals surface area contributed by atoms with Crippen molar-refractivity contribution >= 4 is 0 Å². The first-order valence-corrected chi connectivity index (χ1v) is 9.17. The van der Waals surface area contributed by atoms with Crippen molar-refractivity contribution in [1.29, 1.82) is 0 Å². The van der Waals surface area contributed by atoms with Crippen LogP contribution < -0.4 is 0 Å². The molecule has 1 aromatic rings. The molecule has 0 aliphatic rings. The van der Waals surface area contributed by atoms with Crippen molar-refractivity contribution in [1.82, 2.24) is 0 Å². The number of benzene rings is 1. The molecule has 0 atom stereocenters. The van der Waals surface area contributed by atoms with Gasteiger partial charge in [0.2, 0.25) is 0 Å². The Morgan fingerprint density at radius 1 is 0.864 bits per heavy atom. The lowest BCUT2D eigenvalue weighted by atomic mass is 9.95. The minimum absolute atomic E-state index is 0.556. The van der Waals surface area contributed by atoms with Crippen molar-refractivity contribution in [3.8, 4) is 5.75 Å². The lowest BCUT2D eigenvalue weighted by Gasteiger charge is -2.13. The van der Waals surface area contributed by atoms with Crippen LogP contribution in [0.25, 0.3) is 0 Å². The molecule has 0 radical (unpaired) electrons. The molecule has 0 spiro atoms. The van der Waals surface area contributed by atoms with Gasteiger partial charge in [0.15, 0.2) is 0 Å². The number of phenolic OH excluding ortho intramolecular Hbond substituents is 1. The summed E-state index contributed by atoms with van der Waals surface area (Å²) in [5, 5.41) is 10.6. The highest BCUT2D eigenvalue weighted by atomic mass is 16.3. The van der Waals surface area contributed by atoms with Gasteiger partial charge in [0.1, 0.15) is 5.75 Å². The number of aromatic hydroxyl groups is 1. The van der Waals surface area contributed by atoms with E-state index >= 15 is 0 Å². The summed E-state index contributed by atoms with van der Waals surface area (Å²) in [5.74, 6) is 0.556. The van der Waals surface area contributed by atoms with Crippen LogP contribution in [-0.4, -0.2) is 5.11 Å². The zero-order valence-electron chi connectivity index (χ0n) is 14.7. The number of rotatable bonds is 12. The Morgan fingerprint density at radius 2 is 1.36 bits per heavy atom. The maximum absolute atomic E-state index is 10.6. The molecular formula is C21H34O. The molecule has 0 heterocycles. The van der Waals surface area contributed by atoms with Gasteiger partial charge in [0, 0.05) is 0 Å². The number of hydrogen-bond acceptors (Lipinski definition) is 1. The Kier molecular flexibility index (Phi) is 9.70. The maximum Gasteiger partial charge on any atom is 0.121 e. The van der Waals surface area contributed by atoms with Gasteiger partial charge in [0.05, 0.1) is 0 Å². The number of allylic oxidation sites excluding steroid dienone is 1. The van der Waals surface area contributed by atoms with E-state index in [4.69, 9.17) is 0 Å². The maximum atomic E-state index is 10.6. The minimum atomic E-state index is 0.556. The van der Waals surface area contributed by atoms with Crippen molar-refractivity contribution in [3.05, 3.63) is 41.5 Å². The Labute approximate surface area is 137 Å². The number of unbranched alkanes of at least 4 members (excludes halogenated alkanes) is 6. The summed E-state index contributed by atoms with van der Waals surface area (Å²) >= 11 is 0. The average Bonchev–Trinajstić information content (AvgIpc) is 2.52. The molecule has 0 bridgehead atoms. The van der Waals surface area contributed by atoms with Crippen molar-refractivity contribution in [2.45, 2.75) is 84.5 Å². The Hall–Kier alpha value is -1.24. The molecule has 0 unspecified atom stereocenters. The molecule has 1 rings (SSSR count). The van der Waals surface area contributed by atoms with E-state index in [-0.39, 0.29) is 0 Å². The second-order valence-corrected chi connectivity index (χ2v) is 6.38. The van der Waals surface area contributed by atoms with Gasteiger partial charge in [-0.05, 0) is 48.8 Å². The van der Waals surface area contributed by atoms with E-state index in [1.807, 2.05) is 6.08 Å². The van der Waals surface area contributed by atoms with E-state index < -0.39 is 0 Å². The van der Waals surface area contributed by atoms with Gasteiger partial charge in [-0.3, -0.25) is 0 Å². The summed E-state index contributed by atoms with van der Waals surface area (Å²) in [7, 11) is 0. The van der Waals surface area contributed by atoms with Crippen LogP contribution in [0.2, 0.25) is 0 Å². The van der Waals surface area contributed by atoms with Crippen LogP contribution in [0.4, 0.5) is 0 Å². The normalized spacial score (nSPS) is 10.8. The second-order valence-electron chi connectivity index (χ2n) is 6.38. The Balaban J connectivity index is 2.75. The molecule has 0 saturated carbocycles. The van der Waals surface area contributed by atoms with Crippen molar-refractivity contribution in [2.75, 3.05) is 0 Å². The number of aryl methyl sites for hydroxylation is 2. The highest BCUT2D eigenvalue weighted by Crippen LogP contribution is 2.28. The van der Waals surface area contributed by atoms with Crippen LogP contribution in [0.5, 0.6) is 5.75 Å². The topological polar surface area (TPSA) is 20.2 Å². The van der Waals surface area contributed by atoms with Gasteiger partial charge in [-0.15, -0.1) is 6.58 Å². The summed E-state index contributed by atoms with van der Waals surface area (Å²) in [6.45, 7) is 8.31. The fourth-order valence-corrected chi connectivity index (χ4v) is 2.98. The molecule has 0 amide bonds. The molecule has 22 heavy (non-hydrogen) atoms. The zero-order chi connectivity index (χ0) is 16.2. The largest absolute Gasteiger partial charge is 0.507 e. The SMILES string of the molecule is C=CCc1cc(CCCCCC)c(O)c(CCCCCC)c1. The molecular weight excluding hydrogens is 268 g/mol. The van der Waals surface area contributed by atoms with Crippen LogP contribution in [0.3, 0.4) is 0 Å². The van der Waals surface area contributed by atoms with E-state index in [0.717, 1.165) is 30.4 Å². The molecule has 0 saturated heterocycles. The zero-order valence-corrected chi connectivity index (χ0v) is 14.7. The fraction of sp³-hybridized carbons (Fsp3) is 0.619. The minimum Gasteiger partial charge on any atom is -0.507 e. The van der Waals surface area contributed by atoms with E-state index in [0.29, 0.717) is 5.75 Å². The molecule has 0 fully saturated rings. The van der Waals surface area contributed by atoms with Crippen molar-refractivity contribution < 1.29 is 5.11 Å². The van der Waals surface area contributed by atoms with Gasteiger partial charge in [-0.1, -0.05) is 70.6 Å². The van der Waals surface area contributed by atoms with Gasteiger partial charge in [-0.25, -0.2) is 0 Å². The molecule has 0 aromatic heterocycles. The summed E-state index contributed by atoms with van der Waals surface area (Å²) in [4.78, 5) is 0. The monoisotopic (exact) mass is 302 g/mol. The molecule has 0 aliphatic heterocycles. The van der Waals surface area contributed by atoms with Crippen LogP contribution in [-0.2, 0) is 19.3 Å². The Morgan fingerprint density at radius 3 is 1.77 bits per heavy atom. The predicted octanol–water partition coefficient (Wildman–Crippen LogP) is 6.37. The second kappa shape index (κ2) is 11.3. The average molecular weight is 303 g/mol. The van der Waals surface area contributed by atoms with Crippen LogP contribution in [0.1, 0.15) is 81.9 Å². The van der Waals surface area contributed by atoms with Crippen LogP contribution >= 0.6 is 0 Å². The predicted molar refractivity (Wildman–Crippen MR) is 97.7 cm³/mol. The fourth-order valence-electron chi connectivity index (χ4n) is 2.98. The van der Waals surface area contributed by atoms with Crippen molar-refractivity contribution in [2.24, 2.45) is 0 Å². The number of hydrogen-bond donors (Lipinski definition) is 1. The lowest BCUT2D eigenvalue weighted by molar-refractivity contribution is 0.457. The summed E-state index contributed by atoms with van der Waals surface area (Å²) < 4.78 is 0. The van der Waals surface area contributed by atoms with Crippen molar-refractivity contribution in [3.63, 3.8) is 0 Å². The van der Waals surface area contributed by atoms with E-state index in [1.165, 1.54) is 56.9 Å². The first-order valence-electron chi connectivity index (χ1n) is 9.17. The quantitative estimate of drug-likeness (QED) is 0.351. The molecule has 1 heteroatoms. The molecule has 1 nitrogen and oxygen atoms in total. The summed E-state index contributed by atoms with van der Waals surface area (Å²) in [6.07, 6.45) is 14.8. The van der Waals surface area contributed by atoms with E-state index in [2.05, 4.69) is 32.6 Å². The smallest absolute Gasteiger partial charge is 0.121 e. The van der Waals surface area contributed by atoms with Gasteiger partial charge in [0.25, 0.3) is 0 Å². The van der Waals surface area contributed by atoms with E-state index in [9.17, 15) is 5.11 Å². The standard InChI is InChI=1S/C21H34O/c1-4-7-9-11-14-19-16-18(13-6-3)17-20(21(19)22)15-12-10-8-5-2/h6,16-17,22H,3-5,7-15H2,1-2H3. The van der Waals surface area contributed by atoms with Gasteiger partial charge < -0.3 is 5.11 Å².